The normalized spacial score (nSPS) is 12.7. The van der Waals surface area contributed by atoms with E-state index in [2.05, 4.69) is 69.4 Å². The fourth-order valence-electron chi connectivity index (χ4n) is 4.33. The molecule has 0 aromatic carbocycles. The summed E-state index contributed by atoms with van der Waals surface area (Å²) >= 11 is 0. The number of carbonyl (C=O) groups excluding carboxylic acids is 3. The molecule has 0 fully saturated rings. The van der Waals surface area contributed by atoms with Crippen LogP contribution in [0.5, 0.6) is 0 Å². The Balaban J connectivity index is 4.58. The molecule has 0 rings (SSSR count). The van der Waals surface area contributed by atoms with Gasteiger partial charge in [0.1, 0.15) is 13.2 Å². The highest BCUT2D eigenvalue weighted by Gasteiger charge is 2.19. The number of carbonyl (C=O) groups is 3. The van der Waals surface area contributed by atoms with Crippen molar-refractivity contribution in [3.8, 4) is 0 Å². The molecule has 6 heteroatoms. The van der Waals surface area contributed by atoms with Crippen molar-refractivity contribution in [2.24, 2.45) is 0 Å². The number of hydrogen-bond donors (Lipinski definition) is 0. The van der Waals surface area contributed by atoms with E-state index < -0.39 is 12.1 Å². The number of unbranched alkanes of at least 4 members (excludes halogenated alkanes) is 10. The molecule has 0 saturated carbocycles. The van der Waals surface area contributed by atoms with Gasteiger partial charge in [0.2, 0.25) is 0 Å². The molecule has 0 spiro atoms. The van der Waals surface area contributed by atoms with E-state index in [1.807, 2.05) is 6.08 Å². The molecule has 0 aliphatic heterocycles. The maximum Gasteiger partial charge on any atom is 0.309 e. The van der Waals surface area contributed by atoms with Crippen molar-refractivity contribution in [2.75, 3.05) is 13.2 Å². The van der Waals surface area contributed by atoms with Gasteiger partial charge in [0.25, 0.3) is 0 Å². The first-order chi connectivity index (χ1) is 22.0. The summed E-state index contributed by atoms with van der Waals surface area (Å²) in [5.41, 5.74) is 0. The first-order valence-electron chi connectivity index (χ1n) is 17.8. The van der Waals surface area contributed by atoms with Crippen LogP contribution in [-0.4, -0.2) is 37.2 Å². The Morgan fingerprint density at radius 3 is 1.49 bits per heavy atom. The zero-order valence-electron chi connectivity index (χ0n) is 28.9. The number of allylic oxidation sites excluding steroid dienone is 9. The van der Waals surface area contributed by atoms with E-state index >= 15 is 0 Å². The van der Waals surface area contributed by atoms with Crippen LogP contribution in [0.2, 0.25) is 0 Å². The van der Waals surface area contributed by atoms with Crippen LogP contribution in [0.4, 0.5) is 0 Å². The number of ether oxygens (including phenoxy) is 3. The highest BCUT2D eigenvalue weighted by Crippen LogP contribution is 2.09. The van der Waals surface area contributed by atoms with Crippen LogP contribution in [0.3, 0.4) is 0 Å². The summed E-state index contributed by atoms with van der Waals surface area (Å²) in [6.07, 6.45) is 38.3. The van der Waals surface area contributed by atoms with Gasteiger partial charge in [-0.15, -0.1) is 0 Å². The molecule has 0 amide bonds. The van der Waals surface area contributed by atoms with Crippen LogP contribution in [0.15, 0.2) is 60.8 Å². The molecule has 45 heavy (non-hydrogen) atoms. The van der Waals surface area contributed by atoms with E-state index in [9.17, 15) is 14.4 Å². The Morgan fingerprint density at radius 1 is 0.489 bits per heavy atom. The van der Waals surface area contributed by atoms with Crippen LogP contribution in [-0.2, 0) is 28.6 Å². The lowest BCUT2D eigenvalue weighted by Crippen LogP contribution is -2.30. The molecule has 1 unspecified atom stereocenters. The minimum atomic E-state index is -0.828. The summed E-state index contributed by atoms with van der Waals surface area (Å²) in [5, 5.41) is 0. The van der Waals surface area contributed by atoms with E-state index in [0.29, 0.717) is 19.3 Å². The lowest BCUT2D eigenvalue weighted by Gasteiger charge is -2.18. The van der Waals surface area contributed by atoms with E-state index in [1.54, 1.807) is 6.08 Å². The highest BCUT2D eigenvalue weighted by atomic mass is 16.6. The lowest BCUT2D eigenvalue weighted by molar-refractivity contribution is -0.166. The molecular weight excluding hydrogens is 564 g/mol. The molecule has 0 heterocycles. The predicted molar refractivity (Wildman–Crippen MR) is 187 cm³/mol. The minimum absolute atomic E-state index is 0.126. The van der Waals surface area contributed by atoms with E-state index in [0.717, 1.165) is 44.9 Å². The third-order valence-electron chi connectivity index (χ3n) is 7.01. The van der Waals surface area contributed by atoms with Crippen molar-refractivity contribution in [1.29, 1.82) is 0 Å². The van der Waals surface area contributed by atoms with Crippen LogP contribution in [0.25, 0.3) is 0 Å². The average Bonchev–Trinajstić information content (AvgIpc) is 3.03. The lowest BCUT2D eigenvalue weighted by atomic mass is 10.1. The summed E-state index contributed by atoms with van der Waals surface area (Å²) in [7, 11) is 0. The molecule has 256 valence electrons. The first-order valence-corrected chi connectivity index (χ1v) is 17.8. The SMILES string of the molecule is CC/C=C\C/C=C\C/C=C\CC(=O)OCC(COC(=O)CCC/C=C\CCCCCC)OC(=O)CCC/C=C\CCCCCC. The Bertz CT molecular complexity index is 867. The van der Waals surface area contributed by atoms with Gasteiger partial charge < -0.3 is 14.2 Å². The maximum atomic E-state index is 12.5. The van der Waals surface area contributed by atoms with Gasteiger partial charge in [-0.05, 0) is 70.6 Å². The third-order valence-corrected chi connectivity index (χ3v) is 7.01. The Kier molecular flexibility index (Phi) is 31.8. The van der Waals surface area contributed by atoms with Crippen molar-refractivity contribution in [1.82, 2.24) is 0 Å². The molecule has 0 saturated heterocycles. The fourth-order valence-corrected chi connectivity index (χ4v) is 4.33. The molecule has 1 atom stereocenters. The van der Waals surface area contributed by atoms with Gasteiger partial charge in [0.05, 0.1) is 6.42 Å². The zero-order chi connectivity index (χ0) is 33.1. The second-order valence-electron chi connectivity index (χ2n) is 11.4. The molecule has 0 aliphatic rings. The summed E-state index contributed by atoms with van der Waals surface area (Å²) < 4.78 is 16.3. The quantitative estimate of drug-likeness (QED) is 0.0341. The van der Waals surface area contributed by atoms with Crippen LogP contribution < -0.4 is 0 Å². The Hall–Kier alpha value is -2.89. The molecule has 0 N–H and O–H groups in total. The van der Waals surface area contributed by atoms with Gasteiger partial charge >= 0.3 is 17.9 Å². The molecule has 0 bridgehead atoms. The molecular formula is C39H64O6. The third kappa shape index (κ3) is 32.3. The molecule has 0 aromatic heterocycles. The van der Waals surface area contributed by atoms with Crippen LogP contribution in [0.1, 0.15) is 149 Å². The van der Waals surface area contributed by atoms with Crippen molar-refractivity contribution in [3.63, 3.8) is 0 Å². The monoisotopic (exact) mass is 628 g/mol. The minimum Gasteiger partial charge on any atom is -0.462 e. The smallest absolute Gasteiger partial charge is 0.309 e. The summed E-state index contributed by atoms with van der Waals surface area (Å²) in [6, 6.07) is 0. The van der Waals surface area contributed by atoms with Gasteiger partial charge in [0.15, 0.2) is 6.10 Å². The van der Waals surface area contributed by atoms with Crippen molar-refractivity contribution in [3.05, 3.63) is 60.8 Å². The zero-order valence-corrected chi connectivity index (χ0v) is 28.9. The maximum absolute atomic E-state index is 12.5. The van der Waals surface area contributed by atoms with Crippen molar-refractivity contribution in [2.45, 2.75) is 155 Å². The van der Waals surface area contributed by atoms with E-state index in [1.165, 1.54) is 51.4 Å². The number of rotatable bonds is 30. The van der Waals surface area contributed by atoms with Gasteiger partial charge in [-0.25, -0.2) is 0 Å². The second-order valence-corrected chi connectivity index (χ2v) is 11.4. The van der Waals surface area contributed by atoms with Crippen molar-refractivity contribution >= 4 is 17.9 Å². The van der Waals surface area contributed by atoms with Crippen LogP contribution >= 0.6 is 0 Å². The van der Waals surface area contributed by atoms with Crippen LogP contribution in [0, 0.1) is 0 Å². The predicted octanol–water partition coefficient (Wildman–Crippen LogP) is 10.6. The topological polar surface area (TPSA) is 78.9 Å². The number of hydrogen-bond acceptors (Lipinski definition) is 6. The first kappa shape index (κ1) is 42.1. The largest absolute Gasteiger partial charge is 0.462 e. The molecule has 0 radical (unpaired) electrons. The summed E-state index contributed by atoms with van der Waals surface area (Å²) in [5.74, 6) is -1.14. The van der Waals surface area contributed by atoms with Gasteiger partial charge in [-0.3, -0.25) is 14.4 Å². The Labute approximate surface area is 275 Å². The summed E-state index contributed by atoms with van der Waals surface area (Å²) in [6.45, 7) is 6.24. The Morgan fingerprint density at radius 2 is 0.956 bits per heavy atom. The average molecular weight is 629 g/mol. The fraction of sp³-hybridized carbons (Fsp3) is 0.667. The summed E-state index contributed by atoms with van der Waals surface area (Å²) in [4.78, 5) is 37.1. The standard InChI is InChI=1S/C39H64O6/c1-4-7-10-13-16-19-22-25-28-31-37(40)43-34-36(45-39(42)33-30-27-24-21-18-15-12-9-6-3)35-44-38(41)32-29-26-23-20-17-14-11-8-5-2/h7,10,16,19-21,23-25,28,36H,4-6,8-9,11-15,17-18,22,26-27,29-35H2,1-3H3/b10-7-,19-16-,23-20-,24-21-,28-25-. The molecule has 6 nitrogen and oxygen atoms in total. The molecule has 0 aliphatic carbocycles. The van der Waals surface area contributed by atoms with Gasteiger partial charge in [0, 0.05) is 12.8 Å². The van der Waals surface area contributed by atoms with E-state index in [-0.39, 0.29) is 38.0 Å². The molecule has 0 aromatic rings. The van der Waals surface area contributed by atoms with Gasteiger partial charge in [-0.1, -0.05) is 120 Å². The van der Waals surface area contributed by atoms with Crippen molar-refractivity contribution < 1.29 is 28.6 Å². The van der Waals surface area contributed by atoms with Gasteiger partial charge in [-0.2, -0.15) is 0 Å². The highest BCUT2D eigenvalue weighted by molar-refractivity contribution is 5.72. The second kappa shape index (κ2) is 34.0. The van der Waals surface area contributed by atoms with E-state index in [4.69, 9.17) is 14.2 Å². The number of esters is 3.